The predicted molar refractivity (Wildman–Crippen MR) is 43.1 cm³/mol. The van der Waals surface area contributed by atoms with Gasteiger partial charge in [-0.3, -0.25) is 4.79 Å². The molecule has 0 amide bonds. The molecule has 1 aromatic rings. The van der Waals surface area contributed by atoms with Crippen LogP contribution in [0.3, 0.4) is 0 Å². The molecule has 0 radical (unpaired) electrons. The summed E-state index contributed by atoms with van der Waals surface area (Å²) in [5, 5.41) is 9.42. The fourth-order valence-corrected chi connectivity index (χ4v) is 0.974. The minimum atomic E-state index is -0.190. The second kappa shape index (κ2) is 2.93. The van der Waals surface area contributed by atoms with Crippen molar-refractivity contribution in [3.8, 4) is 5.75 Å². The number of carbonyl (C=O) groups excluding carboxylic acids is 1. The molecule has 0 aliphatic carbocycles. The molecule has 58 valence electrons. The summed E-state index contributed by atoms with van der Waals surface area (Å²) in [5.41, 5.74) is 0.262. The van der Waals surface area contributed by atoms with E-state index >= 15 is 0 Å². The number of benzene rings is 1. The van der Waals surface area contributed by atoms with E-state index in [-0.39, 0.29) is 22.1 Å². The largest absolute Gasteiger partial charge is 0.506 e. The first-order valence-corrected chi connectivity index (χ1v) is 3.49. The third kappa shape index (κ3) is 1.52. The van der Waals surface area contributed by atoms with Crippen LogP contribution >= 0.6 is 11.6 Å². The van der Waals surface area contributed by atoms with E-state index in [0.29, 0.717) is 0 Å². The Kier molecular flexibility index (Phi) is 2.15. The van der Waals surface area contributed by atoms with E-state index in [0.717, 1.165) is 0 Å². The van der Waals surface area contributed by atoms with Crippen molar-refractivity contribution in [1.29, 1.82) is 0 Å². The monoisotopic (exact) mass is 170 g/mol. The zero-order valence-corrected chi connectivity index (χ0v) is 6.72. The van der Waals surface area contributed by atoms with Gasteiger partial charge in [0.2, 0.25) is 0 Å². The first-order chi connectivity index (χ1) is 5.13. The molecule has 0 fully saturated rings. The minimum Gasteiger partial charge on any atom is -0.506 e. The Bertz CT molecular complexity index is 294. The SMILES string of the molecule is CC(=O)c1cccc(Cl)c1O. The molecule has 3 heteroatoms. The van der Waals surface area contributed by atoms with Crippen molar-refractivity contribution in [3.05, 3.63) is 28.8 Å². The van der Waals surface area contributed by atoms with Crippen LogP contribution in [-0.2, 0) is 0 Å². The van der Waals surface area contributed by atoms with Crippen LogP contribution in [0, 0.1) is 0 Å². The number of para-hydroxylation sites is 1. The molecule has 0 bridgehead atoms. The molecule has 2 nitrogen and oxygen atoms in total. The number of phenolic OH excluding ortho intramolecular Hbond substituents is 1. The quantitative estimate of drug-likeness (QED) is 0.657. The highest BCUT2D eigenvalue weighted by atomic mass is 35.5. The zero-order valence-electron chi connectivity index (χ0n) is 5.97. The van der Waals surface area contributed by atoms with Crippen molar-refractivity contribution in [1.82, 2.24) is 0 Å². The maximum Gasteiger partial charge on any atom is 0.163 e. The van der Waals surface area contributed by atoms with Gasteiger partial charge in [0.15, 0.2) is 5.78 Å². The number of phenols is 1. The Morgan fingerprint density at radius 3 is 2.64 bits per heavy atom. The lowest BCUT2D eigenvalue weighted by Crippen LogP contribution is -1.91. The van der Waals surface area contributed by atoms with E-state index in [1.807, 2.05) is 0 Å². The summed E-state index contributed by atoms with van der Waals surface area (Å²) >= 11 is 5.56. The van der Waals surface area contributed by atoms with Gasteiger partial charge in [0, 0.05) is 0 Å². The van der Waals surface area contributed by atoms with Gasteiger partial charge in [-0.1, -0.05) is 17.7 Å². The fourth-order valence-electron chi connectivity index (χ4n) is 0.799. The molecule has 0 aliphatic heterocycles. The normalized spacial score (nSPS) is 9.64. The second-order valence-electron chi connectivity index (χ2n) is 2.19. The van der Waals surface area contributed by atoms with Crippen molar-refractivity contribution < 1.29 is 9.90 Å². The maximum absolute atomic E-state index is 10.8. The van der Waals surface area contributed by atoms with Gasteiger partial charge in [0.05, 0.1) is 10.6 Å². The van der Waals surface area contributed by atoms with Crippen molar-refractivity contribution >= 4 is 17.4 Å². The lowest BCUT2D eigenvalue weighted by atomic mass is 10.1. The fraction of sp³-hybridized carbons (Fsp3) is 0.125. The summed E-state index contributed by atoms with van der Waals surface area (Å²) in [6.07, 6.45) is 0. The first-order valence-electron chi connectivity index (χ1n) is 3.11. The molecule has 0 aliphatic rings. The van der Waals surface area contributed by atoms with Crippen LogP contribution in [0.5, 0.6) is 5.75 Å². The molecular weight excluding hydrogens is 164 g/mol. The van der Waals surface area contributed by atoms with Crippen LogP contribution in [0.4, 0.5) is 0 Å². The van der Waals surface area contributed by atoms with E-state index < -0.39 is 0 Å². The molecule has 0 atom stereocenters. The lowest BCUT2D eigenvalue weighted by Gasteiger charge is -2.00. The predicted octanol–water partition coefficient (Wildman–Crippen LogP) is 2.25. The van der Waals surface area contributed by atoms with Crippen LogP contribution in [0.15, 0.2) is 18.2 Å². The zero-order chi connectivity index (χ0) is 8.43. The molecule has 0 saturated heterocycles. The average molecular weight is 171 g/mol. The van der Waals surface area contributed by atoms with Gasteiger partial charge >= 0.3 is 0 Å². The average Bonchev–Trinajstić information content (AvgIpc) is 1.94. The van der Waals surface area contributed by atoms with Crippen molar-refractivity contribution in [3.63, 3.8) is 0 Å². The molecule has 0 unspecified atom stereocenters. The Morgan fingerprint density at radius 2 is 2.18 bits per heavy atom. The molecular formula is C8H7ClO2. The third-order valence-electron chi connectivity index (χ3n) is 1.37. The summed E-state index contributed by atoms with van der Waals surface area (Å²) in [6.45, 7) is 1.38. The van der Waals surface area contributed by atoms with Gasteiger partial charge in [-0.15, -0.1) is 0 Å². The van der Waals surface area contributed by atoms with Gasteiger partial charge in [-0.25, -0.2) is 0 Å². The summed E-state index contributed by atoms with van der Waals surface area (Å²) in [7, 11) is 0. The number of carbonyl (C=O) groups is 1. The Labute approximate surface area is 69.4 Å². The molecule has 0 saturated carbocycles. The van der Waals surface area contributed by atoms with E-state index in [4.69, 9.17) is 11.6 Å². The van der Waals surface area contributed by atoms with Crippen molar-refractivity contribution in [2.45, 2.75) is 6.92 Å². The van der Waals surface area contributed by atoms with Crippen molar-refractivity contribution in [2.75, 3.05) is 0 Å². The highest BCUT2D eigenvalue weighted by molar-refractivity contribution is 6.32. The molecule has 1 aromatic carbocycles. The van der Waals surface area contributed by atoms with Crippen LogP contribution in [0.1, 0.15) is 17.3 Å². The smallest absolute Gasteiger partial charge is 0.163 e. The number of Topliss-reactive ketones (excluding diaryl/α,β-unsaturated/α-hetero) is 1. The van der Waals surface area contributed by atoms with Crippen LogP contribution in [-0.4, -0.2) is 10.9 Å². The number of aromatic hydroxyl groups is 1. The topological polar surface area (TPSA) is 37.3 Å². The van der Waals surface area contributed by atoms with Gasteiger partial charge < -0.3 is 5.11 Å². The highest BCUT2D eigenvalue weighted by Gasteiger charge is 2.07. The maximum atomic E-state index is 10.8. The summed E-state index contributed by atoms with van der Waals surface area (Å²) in [4.78, 5) is 10.8. The minimum absolute atomic E-state index is 0.137. The molecule has 1 N–H and O–H groups in total. The van der Waals surface area contributed by atoms with E-state index in [2.05, 4.69) is 0 Å². The molecule has 0 heterocycles. The molecule has 0 spiro atoms. The van der Waals surface area contributed by atoms with E-state index in [1.165, 1.54) is 19.1 Å². The van der Waals surface area contributed by atoms with Gasteiger partial charge in [0.1, 0.15) is 5.75 Å². The van der Waals surface area contributed by atoms with E-state index in [9.17, 15) is 9.90 Å². The molecule has 0 aromatic heterocycles. The third-order valence-corrected chi connectivity index (χ3v) is 1.67. The van der Waals surface area contributed by atoms with Crippen LogP contribution in [0.25, 0.3) is 0 Å². The van der Waals surface area contributed by atoms with Gasteiger partial charge in [0.25, 0.3) is 0 Å². The molecule has 1 rings (SSSR count). The Balaban J connectivity index is 3.27. The van der Waals surface area contributed by atoms with Crippen LogP contribution < -0.4 is 0 Å². The second-order valence-corrected chi connectivity index (χ2v) is 2.60. The summed E-state index contributed by atoms with van der Waals surface area (Å²) < 4.78 is 0. The standard InChI is InChI=1S/C8H7ClO2/c1-5(10)6-3-2-4-7(9)8(6)11/h2-4,11H,1H3. The van der Waals surface area contributed by atoms with Gasteiger partial charge in [-0.2, -0.15) is 0 Å². The Morgan fingerprint density at radius 1 is 1.55 bits per heavy atom. The highest BCUT2D eigenvalue weighted by Crippen LogP contribution is 2.26. The van der Waals surface area contributed by atoms with E-state index in [1.54, 1.807) is 6.07 Å². The lowest BCUT2D eigenvalue weighted by molar-refractivity contribution is 0.101. The first kappa shape index (κ1) is 8.08. The molecule has 11 heavy (non-hydrogen) atoms. The number of halogens is 1. The number of ketones is 1. The number of hydrogen-bond acceptors (Lipinski definition) is 2. The summed E-state index contributed by atoms with van der Waals surface area (Å²) in [6, 6.07) is 4.69. The van der Waals surface area contributed by atoms with Crippen molar-refractivity contribution in [2.24, 2.45) is 0 Å². The number of hydrogen-bond donors (Lipinski definition) is 1. The summed E-state index contributed by atoms with van der Waals surface area (Å²) in [5.74, 6) is -0.327. The Hall–Kier alpha value is -1.02. The number of rotatable bonds is 1. The van der Waals surface area contributed by atoms with Crippen LogP contribution in [0.2, 0.25) is 5.02 Å². The van der Waals surface area contributed by atoms with Gasteiger partial charge in [-0.05, 0) is 19.1 Å².